The van der Waals surface area contributed by atoms with Gasteiger partial charge in [0.15, 0.2) is 0 Å². The standard InChI is InChI=1S/C12H9F3N2O2/c1-17-6-9(5-16-17)10-4-8(7-18)2-3-11(10)19-12(13,14)15/h2-7H,1H3. The van der Waals surface area contributed by atoms with E-state index in [9.17, 15) is 18.0 Å². The molecule has 2 aromatic rings. The Morgan fingerprint density at radius 1 is 1.37 bits per heavy atom. The maximum Gasteiger partial charge on any atom is 0.573 e. The summed E-state index contributed by atoms with van der Waals surface area (Å²) in [5.41, 5.74) is 0.855. The van der Waals surface area contributed by atoms with E-state index in [0.717, 1.165) is 6.07 Å². The number of aryl methyl sites for hydroxylation is 1. The van der Waals surface area contributed by atoms with Crippen molar-refractivity contribution in [3.05, 3.63) is 36.2 Å². The summed E-state index contributed by atoms with van der Waals surface area (Å²) in [5.74, 6) is -0.369. The average molecular weight is 270 g/mol. The molecule has 7 heteroatoms. The third-order valence-electron chi connectivity index (χ3n) is 2.38. The second-order valence-corrected chi connectivity index (χ2v) is 3.82. The number of alkyl halides is 3. The van der Waals surface area contributed by atoms with Gasteiger partial charge in [-0.1, -0.05) is 0 Å². The van der Waals surface area contributed by atoms with Crippen molar-refractivity contribution >= 4 is 6.29 Å². The van der Waals surface area contributed by atoms with Gasteiger partial charge < -0.3 is 4.74 Å². The Bertz CT molecular complexity index is 605. The lowest BCUT2D eigenvalue weighted by molar-refractivity contribution is -0.274. The minimum atomic E-state index is -4.79. The van der Waals surface area contributed by atoms with Crippen molar-refractivity contribution in [1.29, 1.82) is 0 Å². The number of aromatic nitrogens is 2. The second-order valence-electron chi connectivity index (χ2n) is 3.82. The summed E-state index contributed by atoms with van der Waals surface area (Å²) in [7, 11) is 1.64. The van der Waals surface area contributed by atoms with Gasteiger partial charge in [-0.05, 0) is 18.2 Å². The monoisotopic (exact) mass is 270 g/mol. The number of ether oxygens (including phenoxy) is 1. The van der Waals surface area contributed by atoms with Gasteiger partial charge in [0.2, 0.25) is 0 Å². The van der Waals surface area contributed by atoms with Crippen molar-refractivity contribution in [1.82, 2.24) is 9.78 Å². The fraction of sp³-hybridized carbons (Fsp3) is 0.167. The summed E-state index contributed by atoms with van der Waals surface area (Å²) in [6.07, 6.45) is -1.31. The molecule has 2 rings (SSSR count). The highest BCUT2D eigenvalue weighted by atomic mass is 19.4. The van der Waals surface area contributed by atoms with E-state index in [2.05, 4.69) is 9.84 Å². The van der Waals surface area contributed by atoms with Crippen LogP contribution in [0.2, 0.25) is 0 Å². The number of nitrogens with zero attached hydrogens (tertiary/aromatic N) is 2. The lowest BCUT2D eigenvalue weighted by Gasteiger charge is -2.12. The molecular weight excluding hydrogens is 261 g/mol. The van der Waals surface area contributed by atoms with Crippen LogP contribution in [0.15, 0.2) is 30.6 Å². The van der Waals surface area contributed by atoms with Gasteiger partial charge in [0.05, 0.1) is 6.20 Å². The normalized spacial score (nSPS) is 11.4. The first-order chi connectivity index (χ1) is 8.89. The Labute approximate surface area is 106 Å². The molecule has 0 saturated carbocycles. The molecule has 1 aromatic carbocycles. The number of aldehydes is 1. The van der Waals surface area contributed by atoms with E-state index < -0.39 is 6.36 Å². The van der Waals surface area contributed by atoms with E-state index in [4.69, 9.17) is 0 Å². The SMILES string of the molecule is Cn1cc(-c2cc(C=O)ccc2OC(F)(F)F)cn1. The van der Waals surface area contributed by atoms with Gasteiger partial charge in [-0.2, -0.15) is 5.10 Å². The van der Waals surface area contributed by atoms with Crippen molar-refractivity contribution in [2.45, 2.75) is 6.36 Å². The third kappa shape index (κ3) is 3.12. The zero-order chi connectivity index (χ0) is 14.0. The Balaban J connectivity index is 2.51. The predicted octanol–water partition coefficient (Wildman–Crippen LogP) is 2.80. The maximum absolute atomic E-state index is 12.3. The minimum absolute atomic E-state index is 0.162. The van der Waals surface area contributed by atoms with Gasteiger partial charge in [-0.25, -0.2) is 0 Å². The Hall–Kier alpha value is -2.31. The van der Waals surface area contributed by atoms with Crippen LogP contribution in [-0.4, -0.2) is 22.4 Å². The molecule has 0 radical (unpaired) electrons. The lowest BCUT2D eigenvalue weighted by atomic mass is 10.1. The summed E-state index contributed by atoms with van der Waals surface area (Å²) in [6.45, 7) is 0. The molecular formula is C12H9F3N2O2. The Kier molecular flexibility index (Phi) is 3.28. The van der Waals surface area contributed by atoms with Crippen molar-refractivity contribution in [3.63, 3.8) is 0 Å². The summed E-state index contributed by atoms with van der Waals surface area (Å²) in [4.78, 5) is 10.7. The number of carbonyl (C=O) groups excluding carboxylic acids is 1. The molecule has 0 amide bonds. The van der Waals surface area contributed by atoms with E-state index in [1.807, 2.05) is 0 Å². The van der Waals surface area contributed by atoms with Gasteiger partial charge in [0, 0.05) is 29.9 Å². The maximum atomic E-state index is 12.3. The van der Waals surface area contributed by atoms with Gasteiger partial charge in [0.1, 0.15) is 12.0 Å². The summed E-state index contributed by atoms with van der Waals surface area (Å²) in [5, 5.41) is 3.88. The van der Waals surface area contributed by atoms with Gasteiger partial charge >= 0.3 is 6.36 Å². The third-order valence-corrected chi connectivity index (χ3v) is 2.38. The highest BCUT2D eigenvalue weighted by molar-refractivity contribution is 5.81. The summed E-state index contributed by atoms with van der Waals surface area (Å²) in [6, 6.07) is 3.69. The van der Waals surface area contributed by atoms with Crippen LogP contribution >= 0.6 is 0 Å². The van der Waals surface area contributed by atoms with Crippen LogP contribution in [-0.2, 0) is 7.05 Å². The number of rotatable bonds is 3. The fourth-order valence-electron chi connectivity index (χ4n) is 1.62. The molecule has 19 heavy (non-hydrogen) atoms. The zero-order valence-electron chi connectivity index (χ0n) is 9.81. The first-order valence-corrected chi connectivity index (χ1v) is 5.23. The number of halogens is 3. The van der Waals surface area contributed by atoms with Crippen LogP contribution in [0, 0.1) is 0 Å². The molecule has 0 fully saturated rings. The highest BCUT2D eigenvalue weighted by Gasteiger charge is 2.32. The predicted molar refractivity (Wildman–Crippen MR) is 60.7 cm³/mol. The van der Waals surface area contributed by atoms with Gasteiger partial charge in [0.25, 0.3) is 0 Å². The first-order valence-electron chi connectivity index (χ1n) is 5.23. The fourth-order valence-corrected chi connectivity index (χ4v) is 1.62. The number of benzene rings is 1. The molecule has 4 nitrogen and oxygen atoms in total. The molecule has 100 valence electrons. The highest BCUT2D eigenvalue weighted by Crippen LogP contribution is 2.34. The van der Waals surface area contributed by atoms with Gasteiger partial charge in [-0.3, -0.25) is 9.48 Å². The zero-order valence-corrected chi connectivity index (χ0v) is 9.81. The first kappa shape index (κ1) is 13.1. The number of hydrogen-bond acceptors (Lipinski definition) is 3. The molecule has 1 aromatic heterocycles. The molecule has 0 aliphatic heterocycles. The molecule has 0 N–H and O–H groups in total. The van der Waals surface area contributed by atoms with E-state index >= 15 is 0 Å². The number of hydrogen-bond donors (Lipinski definition) is 0. The van der Waals surface area contributed by atoms with Crippen LogP contribution in [0.25, 0.3) is 11.1 Å². The summed E-state index contributed by atoms with van der Waals surface area (Å²) >= 11 is 0. The van der Waals surface area contributed by atoms with E-state index in [1.54, 1.807) is 7.05 Å². The van der Waals surface area contributed by atoms with Crippen molar-refractivity contribution in [2.24, 2.45) is 7.05 Å². The number of carbonyl (C=O) groups is 1. The van der Waals surface area contributed by atoms with Crippen LogP contribution in [0.3, 0.4) is 0 Å². The van der Waals surface area contributed by atoms with Gasteiger partial charge in [-0.15, -0.1) is 13.2 Å². The van der Waals surface area contributed by atoms with Crippen molar-refractivity contribution < 1.29 is 22.7 Å². The summed E-state index contributed by atoms with van der Waals surface area (Å²) < 4.78 is 42.3. The van der Waals surface area contributed by atoms with Crippen LogP contribution < -0.4 is 4.74 Å². The Morgan fingerprint density at radius 2 is 2.11 bits per heavy atom. The second kappa shape index (κ2) is 4.75. The van der Waals surface area contributed by atoms with E-state index in [-0.39, 0.29) is 16.9 Å². The molecule has 0 unspecified atom stereocenters. The van der Waals surface area contributed by atoms with E-state index in [0.29, 0.717) is 11.8 Å². The smallest absolute Gasteiger partial charge is 0.405 e. The van der Waals surface area contributed by atoms with Crippen molar-refractivity contribution in [3.8, 4) is 16.9 Å². The molecule has 0 spiro atoms. The molecule has 0 aliphatic carbocycles. The van der Waals surface area contributed by atoms with Crippen molar-refractivity contribution in [2.75, 3.05) is 0 Å². The van der Waals surface area contributed by atoms with E-state index in [1.165, 1.54) is 29.2 Å². The lowest BCUT2D eigenvalue weighted by Crippen LogP contribution is -2.17. The minimum Gasteiger partial charge on any atom is -0.405 e. The topological polar surface area (TPSA) is 44.1 Å². The van der Waals surface area contributed by atoms with Crippen LogP contribution in [0.5, 0.6) is 5.75 Å². The molecule has 0 aliphatic rings. The quantitative estimate of drug-likeness (QED) is 0.805. The molecule has 1 heterocycles. The Morgan fingerprint density at radius 3 is 2.63 bits per heavy atom. The largest absolute Gasteiger partial charge is 0.573 e. The molecule has 0 bridgehead atoms. The van der Waals surface area contributed by atoms with Crippen LogP contribution in [0.1, 0.15) is 10.4 Å². The van der Waals surface area contributed by atoms with Crippen LogP contribution in [0.4, 0.5) is 13.2 Å². The average Bonchev–Trinajstić information content (AvgIpc) is 2.74. The molecule has 0 atom stereocenters. The molecule has 0 saturated heterocycles.